The topological polar surface area (TPSA) is 133 Å². The average Bonchev–Trinajstić information content (AvgIpc) is 3.54. The second kappa shape index (κ2) is 12.4. The van der Waals surface area contributed by atoms with Gasteiger partial charge in [-0.3, -0.25) is 18.7 Å². The summed E-state index contributed by atoms with van der Waals surface area (Å²) in [7, 11) is 0.375. The Balaban J connectivity index is 0.000000557. The van der Waals surface area contributed by atoms with Crippen molar-refractivity contribution in [3.05, 3.63) is 78.9 Å². The zero-order valence-electron chi connectivity index (χ0n) is 22.7. The van der Waals surface area contributed by atoms with Gasteiger partial charge >= 0.3 is 0 Å². The van der Waals surface area contributed by atoms with Gasteiger partial charge in [0.2, 0.25) is 23.1 Å². The van der Waals surface area contributed by atoms with Crippen molar-refractivity contribution in [3.8, 4) is 0 Å². The molecule has 2 aromatic carbocycles. The SMILES string of the molecule is COS(=O)(=O)[O-].C[n+]1ccn(CCCNc2ccc3c4c(cccc24)C(=O)N(CCCn2cc[n+](C)c2)C3=O)c1. The van der Waals surface area contributed by atoms with Gasteiger partial charge in [-0.15, -0.1) is 0 Å². The molecule has 0 spiro atoms. The van der Waals surface area contributed by atoms with Crippen LogP contribution >= 0.6 is 0 Å². The summed E-state index contributed by atoms with van der Waals surface area (Å²) in [4.78, 5) is 27.9. The van der Waals surface area contributed by atoms with Gasteiger partial charge in [-0.05, 0) is 18.2 Å². The highest BCUT2D eigenvalue weighted by molar-refractivity contribution is 7.80. The Labute approximate surface area is 233 Å². The monoisotopic (exact) mass is 569 g/mol. The molecule has 1 aliphatic rings. The quantitative estimate of drug-likeness (QED) is 0.100. The van der Waals surface area contributed by atoms with Crippen LogP contribution in [0, 0.1) is 0 Å². The van der Waals surface area contributed by atoms with E-state index in [1.54, 1.807) is 0 Å². The number of imide groups is 1. The molecule has 13 heteroatoms. The first-order valence-corrected chi connectivity index (χ1v) is 14.1. The Morgan fingerprint density at radius 3 is 2.00 bits per heavy atom. The molecule has 1 N–H and O–H groups in total. The van der Waals surface area contributed by atoms with Crippen LogP contribution in [0.3, 0.4) is 0 Å². The molecule has 0 bridgehead atoms. The molecule has 12 nitrogen and oxygen atoms in total. The lowest BCUT2D eigenvalue weighted by atomic mass is 9.93. The van der Waals surface area contributed by atoms with Crippen molar-refractivity contribution >= 4 is 38.7 Å². The maximum absolute atomic E-state index is 13.3. The molecule has 0 radical (unpaired) electrons. The molecule has 4 aromatic rings. The fourth-order valence-corrected chi connectivity index (χ4v) is 4.67. The molecule has 0 atom stereocenters. The first-order chi connectivity index (χ1) is 19.1. The zero-order chi connectivity index (χ0) is 28.9. The molecule has 0 fully saturated rings. The van der Waals surface area contributed by atoms with Gasteiger partial charge in [0.15, 0.2) is 0 Å². The van der Waals surface area contributed by atoms with Crippen LogP contribution in [0.1, 0.15) is 33.6 Å². The molecule has 0 saturated carbocycles. The third-order valence-electron chi connectivity index (χ3n) is 6.55. The molecular formula is C27H33N6O6S+. The van der Waals surface area contributed by atoms with Crippen molar-refractivity contribution < 1.29 is 35.9 Å². The number of anilines is 1. The van der Waals surface area contributed by atoms with Gasteiger partial charge in [-0.25, -0.2) is 26.7 Å². The lowest BCUT2D eigenvalue weighted by molar-refractivity contribution is -0.671. The molecule has 3 heterocycles. The Bertz CT molecular complexity index is 1610. The van der Waals surface area contributed by atoms with Gasteiger partial charge in [-0.1, -0.05) is 12.1 Å². The average molecular weight is 570 g/mol. The fourth-order valence-electron chi connectivity index (χ4n) is 4.67. The Kier molecular flexibility index (Phi) is 8.97. The van der Waals surface area contributed by atoms with E-state index in [4.69, 9.17) is 0 Å². The fraction of sp³-hybridized carbons (Fsp3) is 0.333. The number of rotatable bonds is 10. The van der Waals surface area contributed by atoms with E-state index in [9.17, 15) is 22.6 Å². The second-order valence-corrected chi connectivity index (χ2v) is 10.6. The largest absolute Gasteiger partial charge is 0.726 e. The first kappa shape index (κ1) is 28.9. The summed E-state index contributed by atoms with van der Waals surface area (Å²) >= 11 is 0. The Hall–Kier alpha value is -4.07. The molecule has 0 unspecified atom stereocenters. The third-order valence-corrected chi connectivity index (χ3v) is 6.96. The number of benzene rings is 2. The van der Waals surface area contributed by atoms with E-state index < -0.39 is 10.4 Å². The van der Waals surface area contributed by atoms with Crippen LogP contribution in [0.2, 0.25) is 0 Å². The molecule has 2 aromatic heterocycles. The summed E-state index contributed by atoms with van der Waals surface area (Å²) in [5.74, 6) is -0.419. The van der Waals surface area contributed by atoms with E-state index in [1.807, 2.05) is 78.5 Å². The minimum Gasteiger partial charge on any atom is -0.726 e. The molecule has 0 aliphatic carbocycles. The van der Waals surface area contributed by atoms with Crippen LogP contribution in [-0.2, 0) is 41.8 Å². The van der Waals surface area contributed by atoms with Crippen molar-refractivity contribution in [1.29, 1.82) is 0 Å². The summed E-state index contributed by atoms with van der Waals surface area (Å²) in [6, 6.07) is 9.53. The van der Waals surface area contributed by atoms with Crippen LogP contribution in [-0.4, -0.2) is 59.0 Å². The van der Waals surface area contributed by atoms with E-state index >= 15 is 0 Å². The minimum atomic E-state index is -4.41. The van der Waals surface area contributed by atoms with Crippen molar-refractivity contribution in [2.75, 3.05) is 25.5 Å². The van der Waals surface area contributed by atoms with Gasteiger partial charge in [0.05, 0.1) is 34.3 Å². The summed E-state index contributed by atoms with van der Waals surface area (Å²) in [5, 5.41) is 5.18. The van der Waals surface area contributed by atoms with E-state index in [1.165, 1.54) is 4.90 Å². The number of nitrogens with zero attached hydrogens (tertiary/aromatic N) is 5. The third kappa shape index (κ3) is 6.92. The normalized spacial score (nSPS) is 12.9. The van der Waals surface area contributed by atoms with Crippen molar-refractivity contribution in [2.24, 2.45) is 14.1 Å². The predicted molar refractivity (Wildman–Crippen MR) is 145 cm³/mol. The van der Waals surface area contributed by atoms with Gasteiger partial charge in [0.1, 0.15) is 24.8 Å². The lowest BCUT2D eigenvalue weighted by Crippen LogP contribution is -2.41. The second-order valence-electron chi connectivity index (χ2n) is 9.49. The van der Waals surface area contributed by atoms with Crippen LogP contribution < -0.4 is 14.5 Å². The van der Waals surface area contributed by atoms with Crippen molar-refractivity contribution in [3.63, 3.8) is 0 Å². The molecule has 1 aliphatic heterocycles. The number of imidazole rings is 2. The summed E-state index contributed by atoms with van der Waals surface area (Å²) < 4.78 is 39.2. The lowest BCUT2D eigenvalue weighted by Gasteiger charge is -2.27. The molecule has 40 heavy (non-hydrogen) atoms. The maximum Gasteiger partial charge on any atom is 0.261 e. The first-order valence-electron chi connectivity index (χ1n) is 12.8. The number of aryl methyl sites for hydroxylation is 4. The number of aromatic nitrogens is 4. The zero-order valence-corrected chi connectivity index (χ0v) is 23.5. The van der Waals surface area contributed by atoms with E-state index in [0.717, 1.165) is 49.6 Å². The molecule has 212 valence electrons. The highest BCUT2D eigenvalue weighted by atomic mass is 32.3. The molecule has 0 saturated heterocycles. The number of hydrogen-bond donors (Lipinski definition) is 1. The number of carbonyl (C=O) groups is 2. The smallest absolute Gasteiger partial charge is 0.261 e. The number of carbonyl (C=O) groups excluding carboxylic acids is 2. The minimum absolute atomic E-state index is 0.209. The van der Waals surface area contributed by atoms with Gasteiger partial charge in [0.25, 0.3) is 11.8 Å². The number of hydrogen-bond acceptors (Lipinski definition) is 7. The molecule has 2 amide bonds. The van der Waals surface area contributed by atoms with E-state index in [-0.39, 0.29) is 11.8 Å². The highest BCUT2D eigenvalue weighted by Gasteiger charge is 2.33. The van der Waals surface area contributed by atoms with Crippen molar-refractivity contribution in [2.45, 2.75) is 25.9 Å². The van der Waals surface area contributed by atoms with Crippen LogP contribution in [0.5, 0.6) is 0 Å². The number of nitrogens with one attached hydrogen (secondary N) is 1. The van der Waals surface area contributed by atoms with Gasteiger partial charge < -0.3 is 9.87 Å². The Morgan fingerprint density at radius 1 is 0.875 bits per heavy atom. The molecular weight excluding hydrogens is 536 g/mol. The van der Waals surface area contributed by atoms with Gasteiger partial charge in [0, 0.05) is 53.5 Å². The summed E-state index contributed by atoms with van der Waals surface area (Å²) in [5.41, 5.74) is 2.15. The summed E-state index contributed by atoms with van der Waals surface area (Å²) in [6.07, 6.45) is 13.8. The number of amides is 2. The van der Waals surface area contributed by atoms with E-state index in [0.29, 0.717) is 24.1 Å². The highest BCUT2D eigenvalue weighted by Crippen LogP contribution is 2.34. The van der Waals surface area contributed by atoms with Gasteiger partial charge in [-0.2, -0.15) is 0 Å². The van der Waals surface area contributed by atoms with E-state index in [2.05, 4.69) is 31.2 Å². The van der Waals surface area contributed by atoms with Crippen molar-refractivity contribution in [1.82, 2.24) is 14.0 Å². The molecule has 5 rings (SSSR count). The Morgan fingerprint density at radius 2 is 1.45 bits per heavy atom. The maximum atomic E-state index is 13.3. The summed E-state index contributed by atoms with van der Waals surface area (Å²) in [6.45, 7) is 2.86. The predicted octanol–water partition coefficient (Wildman–Crippen LogP) is 1.37. The van der Waals surface area contributed by atoms with Crippen LogP contribution in [0.15, 0.2) is 67.8 Å². The standard InChI is InChI=1S/C26H29N6O2.CH4O4S/c1-28-14-16-30(18-28)11-4-10-27-23-9-8-22-24-20(23)6-3-7-21(24)25(33)32(26(22)34)13-5-12-31-17-15-29(2)19-31;1-5-6(2,3)4/h3,6-9,14-19H,4-5,10-13H2,1-2H3;1H3,(H,2,3,4)/q+1;. The van der Waals surface area contributed by atoms with Crippen LogP contribution in [0.25, 0.3) is 10.8 Å². The van der Waals surface area contributed by atoms with Crippen LogP contribution in [0.4, 0.5) is 5.69 Å².